The summed E-state index contributed by atoms with van der Waals surface area (Å²) in [6.45, 7) is 1.26. The summed E-state index contributed by atoms with van der Waals surface area (Å²) in [5, 5.41) is 9.30. The molecule has 0 spiro atoms. The lowest BCUT2D eigenvalue weighted by molar-refractivity contribution is 0.0681. The zero-order valence-electron chi connectivity index (χ0n) is 12.3. The number of carboxylic acids is 1. The maximum absolute atomic E-state index is 11.4. The Hall–Kier alpha value is -2.67. The molecule has 1 fully saturated rings. The molecule has 0 saturated carbocycles. The first-order valence-electron chi connectivity index (χ1n) is 7.23. The number of nitrogens with zero attached hydrogens (tertiary/aromatic N) is 2. The molecule has 0 aliphatic carbocycles. The Kier molecular flexibility index (Phi) is 4.68. The molecule has 1 unspecified atom stereocenters. The topological polar surface area (TPSA) is 90.8 Å². The minimum atomic E-state index is -1.19. The van der Waals surface area contributed by atoms with Gasteiger partial charge in [-0.1, -0.05) is 30.3 Å². The van der Waals surface area contributed by atoms with Crippen LogP contribution in [-0.2, 0) is 11.3 Å². The van der Waals surface area contributed by atoms with Gasteiger partial charge in [-0.15, -0.1) is 0 Å². The van der Waals surface area contributed by atoms with Crippen LogP contribution in [0.5, 0.6) is 11.6 Å². The molecule has 7 heteroatoms. The SMILES string of the molecule is O=C(O)c1ncnc(OC2CCOC2)c1OCc1ccccc1. The summed E-state index contributed by atoms with van der Waals surface area (Å²) < 4.78 is 16.6. The largest absolute Gasteiger partial charge is 0.481 e. The molecule has 1 N–H and O–H groups in total. The van der Waals surface area contributed by atoms with Gasteiger partial charge in [0.25, 0.3) is 5.88 Å². The molecule has 1 saturated heterocycles. The summed E-state index contributed by atoms with van der Waals surface area (Å²) in [7, 11) is 0. The van der Waals surface area contributed by atoms with E-state index >= 15 is 0 Å². The van der Waals surface area contributed by atoms with Gasteiger partial charge in [0.2, 0.25) is 5.75 Å². The maximum atomic E-state index is 11.4. The molecule has 3 rings (SSSR count). The molecule has 7 nitrogen and oxygen atoms in total. The van der Waals surface area contributed by atoms with Crippen molar-refractivity contribution in [3.63, 3.8) is 0 Å². The van der Waals surface area contributed by atoms with Crippen molar-refractivity contribution in [3.05, 3.63) is 47.9 Å². The van der Waals surface area contributed by atoms with Gasteiger partial charge >= 0.3 is 5.97 Å². The number of rotatable bonds is 6. The van der Waals surface area contributed by atoms with E-state index in [1.807, 2.05) is 30.3 Å². The smallest absolute Gasteiger partial charge is 0.358 e. The van der Waals surface area contributed by atoms with Crippen molar-refractivity contribution in [3.8, 4) is 11.6 Å². The van der Waals surface area contributed by atoms with Gasteiger partial charge in [-0.2, -0.15) is 4.98 Å². The average Bonchev–Trinajstić information content (AvgIpc) is 3.07. The number of hydrogen-bond acceptors (Lipinski definition) is 6. The molecule has 0 amide bonds. The molecule has 0 radical (unpaired) electrons. The first kappa shape index (κ1) is 15.2. The van der Waals surface area contributed by atoms with Crippen molar-refractivity contribution in [1.82, 2.24) is 9.97 Å². The number of aromatic carboxylic acids is 1. The fraction of sp³-hybridized carbons (Fsp3) is 0.312. The minimum Gasteiger partial charge on any atom is -0.481 e. The summed E-state index contributed by atoms with van der Waals surface area (Å²) in [5.41, 5.74) is 0.688. The van der Waals surface area contributed by atoms with Crippen LogP contribution in [0, 0.1) is 0 Å². The van der Waals surface area contributed by atoms with Crippen LogP contribution < -0.4 is 9.47 Å². The Morgan fingerprint density at radius 3 is 2.83 bits per heavy atom. The van der Waals surface area contributed by atoms with Gasteiger partial charge in [-0.3, -0.25) is 0 Å². The summed E-state index contributed by atoms with van der Waals surface area (Å²) in [6.07, 6.45) is 1.72. The van der Waals surface area contributed by atoms with Crippen LogP contribution in [0.4, 0.5) is 0 Å². The van der Waals surface area contributed by atoms with E-state index in [4.69, 9.17) is 14.2 Å². The van der Waals surface area contributed by atoms with Crippen molar-refractivity contribution in [1.29, 1.82) is 0 Å². The minimum absolute atomic E-state index is 0.0377. The monoisotopic (exact) mass is 316 g/mol. The van der Waals surface area contributed by atoms with Gasteiger partial charge in [0, 0.05) is 6.42 Å². The second kappa shape index (κ2) is 7.06. The molecule has 0 bridgehead atoms. The molecular weight excluding hydrogens is 300 g/mol. The maximum Gasteiger partial charge on any atom is 0.358 e. The highest BCUT2D eigenvalue weighted by Gasteiger charge is 2.24. The third kappa shape index (κ3) is 3.75. The Morgan fingerprint density at radius 2 is 2.13 bits per heavy atom. The molecule has 1 aromatic heterocycles. The number of ether oxygens (including phenoxy) is 3. The Bertz CT molecular complexity index is 671. The average molecular weight is 316 g/mol. The van der Waals surface area contributed by atoms with E-state index in [0.29, 0.717) is 13.2 Å². The number of carbonyl (C=O) groups is 1. The third-order valence-corrected chi connectivity index (χ3v) is 3.37. The Morgan fingerprint density at radius 1 is 1.30 bits per heavy atom. The van der Waals surface area contributed by atoms with Crippen LogP contribution in [0.1, 0.15) is 22.5 Å². The van der Waals surface area contributed by atoms with Crippen molar-refractivity contribution in [2.24, 2.45) is 0 Å². The summed E-state index contributed by atoms with van der Waals surface area (Å²) >= 11 is 0. The van der Waals surface area contributed by atoms with Gasteiger partial charge < -0.3 is 19.3 Å². The van der Waals surface area contributed by atoms with Gasteiger partial charge in [-0.05, 0) is 5.56 Å². The predicted octanol–water partition coefficient (Wildman–Crippen LogP) is 1.92. The van der Waals surface area contributed by atoms with Gasteiger partial charge in [0.05, 0.1) is 13.2 Å². The molecule has 1 atom stereocenters. The summed E-state index contributed by atoms with van der Waals surface area (Å²) in [5.74, 6) is -1.03. The highest BCUT2D eigenvalue weighted by molar-refractivity contribution is 5.89. The second-order valence-corrected chi connectivity index (χ2v) is 5.04. The lowest BCUT2D eigenvalue weighted by Gasteiger charge is -2.16. The number of carboxylic acid groups (broad SMARTS) is 1. The molecule has 2 heterocycles. The Labute approximate surface area is 132 Å². The van der Waals surface area contributed by atoms with E-state index in [-0.39, 0.29) is 30.0 Å². The Balaban J connectivity index is 1.83. The van der Waals surface area contributed by atoms with E-state index in [2.05, 4.69) is 9.97 Å². The zero-order chi connectivity index (χ0) is 16.1. The molecule has 1 aliphatic rings. The van der Waals surface area contributed by atoms with Crippen LogP contribution in [-0.4, -0.2) is 40.4 Å². The van der Waals surface area contributed by atoms with Gasteiger partial charge in [-0.25, -0.2) is 9.78 Å². The first-order chi connectivity index (χ1) is 11.2. The normalized spacial score (nSPS) is 17.0. The highest BCUT2D eigenvalue weighted by Crippen LogP contribution is 2.30. The second-order valence-electron chi connectivity index (χ2n) is 5.04. The number of hydrogen-bond donors (Lipinski definition) is 1. The highest BCUT2D eigenvalue weighted by atomic mass is 16.6. The predicted molar refractivity (Wildman–Crippen MR) is 79.6 cm³/mol. The quantitative estimate of drug-likeness (QED) is 0.870. The molecule has 120 valence electrons. The van der Waals surface area contributed by atoms with Crippen LogP contribution in [0.25, 0.3) is 0 Å². The fourth-order valence-electron chi connectivity index (χ4n) is 2.22. The molecule has 23 heavy (non-hydrogen) atoms. The third-order valence-electron chi connectivity index (χ3n) is 3.37. The molecule has 1 aliphatic heterocycles. The van der Waals surface area contributed by atoms with Crippen LogP contribution in [0.2, 0.25) is 0 Å². The molecule has 2 aromatic rings. The van der Waals surface area contributed by atoms with E-state index in [1.54, 1.807) is 0 Å². The molecule has 1 aromatic carbocycles. The van der Waals surface area contributed by atoms with E-state index in [9.17, 15) is 9.90 Å². The van der Waals surface area contributed by atoms with Crippen molar-refractivity contribution in [2.75, 3.05) is 13.2 Å². The first-order valence-corrected chi connectivity index (χ1v) is 7.23. The van der Waals surface area contributed by atoms with Crippen LogP contribution in [0.3, 0.4) is 0 Å². The van der Waals surface area contributed by atoms with Crippen LogP contribution >= 0.6 is 0 Å². The van der Waals surface area contributed by atoms with Crippen molar-refractivity contribution >= 4 is 5.97 Å². The lowest BCUT2D eigenvalue weighted by Crippen LogP contribution is -2.18. The summed E-state index contributed by atoms with van der Waals surface area (Å²) in [6, 6.07) is 9.43. The van der Waals surface area contributed by atoms with Crippen molar-refractivity contribution < 1.29 is 24.1 Å². The van der Waals surface area contributed by atoms with E-state index < -0.39 is 5.97 Å². The number of benzene rings is 1. The van der Waals surface area contributed by atoms with Crippen molar-refractivity contribution in [2.45, 2.75) is 19.1 Å². The van der Waals surface area contributed by atoms with E-state index in [0.717, 1.165) is 18.3 Å². The van der Waals surface area contributed by atoms with Crippen LogP contribution in [0.15, 0.2) is 36.7 Å². The lowest BCUT2D eigenvalue weighted by atomic mass is 10.2. The molecular formula is C16H16N2O5. The number of aromatic nitrogens is 2. The standard InChI is InChI=1S/C16H16N2O5/c19-16(20)13-14(22-8-11-4-2-1-3-5-11)15(18-10-17-13)23-12-6-7-21-9-12/h1-5,10,12H,6-9H2,(H,19,20). The van der Waals surface area contributed by atoms with E-state index in [1.165, 1.54) is 0 Å². The van der Waals surface area contributed by atoms with Gasteiger partial charge in [0.1, 0.15) is 19.0 Å². The van der Waals surface area contributed by atoms with Gasteiger partial charge in [0.15, 0.2) is 5.69 Å². The summed E-state index contributed by atoms with van der Waals surface area (Å²) in [4.78, 5) is 19.2. The zero-order valence-corrected chi connectivity index (χ0v) is 12.3. The fourth-order valence-corrected chi connectivity index (χ4v) is 2.22.